The van der Waals surface area contributed by atoms with Gasteiger partial charge in [-0.05, 0) is 63.2 Å². The van der Waals surface area contributed by atoms with Gasteiger partial charge in [0, 0.05) is 30.5 Å². The fourth-order valence-corrected chi connectivity index (χ4v) is 5.11. The first-order chi connectivity index (χ1) is 19.9. The number of hydrogen-bond acceptors (Lipinski definition) is 9. The summed E-state index contributed by atoms with van der Waals surface area (Å²) in [4.78, 5) is 27.2. The van der Waals surface area contributed by atoms with Gasteiger partial charge < -0.3 is 20.8 Å². The lowest BCUT2D eigenvalue weighted by molar-refractivity contribution is -0.191. The Hall–Kier alpha value is -3.98. The molecule has 0 atom stereocenters. The van der Waals surface area contributed by atoms with Crippen molar-refractivity contribution in [2.24, 2.45) is 0 Å². The summed E-state index contributed by atoms with van der Waals surface area (Å²) in [6, 6.07) is 5.91. The number of H-pyrrole nitrogens is 1. The van der Waals surface area contributed by atoms with Crippen LogP contribution in [-0.4, -0.2) is 67.5 Å². The number of nitrogens with one attached hydrogen (secondary N) is 3. The molecule has 0 unspecified atom stereocenters. The number of aryl methyl sites for hydroxylation is 1. The van der Waals surface area contributed by atoms with Gasteiger partial charge in [0.15, 0.2) is 19.5 Å². The Morgan fingerprint density at radius 1 is 1.36 bits per heavy atom. The number of halogens is 1. The number of aromatic amines is 1. The van der Waals surface area contributed by atoms with E-state index in [0.29, 0.717) is 45.5 Å². The molecule has 0 aliphatic carbocycles. The lowest BCUT2D eigenvalue weighted by atomic mass is 10.0. The van der Waals surface area contributed by atoms with Crippen molar-refractivity contribution >= 4 is 42.7 Å². The zero-order chi connectivity index (χ0) is 30.6. The highest BCUT2D eigenvalue weighted by Crippen LogP contribution is 2.33. The highest BCUT2D eigenvalue weighted by Gasteiger charge is 2.24. The van der Waals surface area contributed by atoms with Gasteiger partial charge in [0.05, 0.1) is 22.0 Å². The first-order valence-electron chi connectivity index (χ1n) is 13.1. The second kappa shape index (κ2) is 12.9. The summed E-state index contributed by atoms with van der Waals surface area (Å²) < 4.78 is 16.5. The van der Waals surface area contributed by atoms with E-state index in [9.17, 15) is 24.2 Å². The van der Waals surface area contributed by atoms with Crippen molar-refractivity contribution in [3.05, 3.63) is 86.5 Å². The second-order valence-electron chi connectivity index (χ2n) is 9.61. The van der Waals surface area contributed by atoms with Crippen LogP contribution in [0.1, 0.15) is 25.1 Å². The third-order valence-corrected chi connectivity index (χ3v) is 7.65. The standard InChI is InChI=1S/C28H31BFN7O4S/c1-5-7-8-17-11-23(42-15-17)27(39)32-25-16(3)19(9-10-20(25)30)21-13-22(26(38)34-33-21)31-24-12-18(37(6-2)35-24)14-36(4)28(29,40)41/h5,7-13,40-41H,6,14-15H2,1-4H3,(H,32,39)(H,34,38)(H,31,33,35)/b7-5-,17-8-. The second-order valence-corrected chi connectivity index (χ2v) is 10.6. The molecule has 1 aromatic carbocycles. The van der Waals surface area contributed by atoms with Crippen molar-refractivity contribution in [1.29, 1.82) is 0 Å². The van der Waals surface area contributed by atoms with Crippen LogP contribution >= 0.6 is 11.8 Å². The maximum atomic E-state index is 14.9. The van der Waals surface area contributed by atoms with E-state index in [1.807, 2.05) is 32.1 Å². The number of hydrogen-bond donors (Lipinski definition) is 5. The number of benzene rings is 1. The predicted octanol–water partition coefficient (Wildman–Crippen LogP) is 3.11. The number of allylic oxidation sites excluding steroid dienone is 4. The van der Waals surface area contributed by atoms with Crippen molar-refractivity contribution in [3.63, 3.8) is 0 Å². The molecule has 11 nitrogen and oxygen atoms in total. The Labute approximate surface area is 247 Å². The summed E-state index contributed by atoms with van der Waals surface area (Å²) in [5.41, 5.74) is 2.49. The molecule has 1 aliphatic rings. The van der Waals surface area contributed by atoms with Gasteiger partial charge in [-0.3, -0.25) is 19.2 Å². The van der Waals surface area contributed by atoms with E-state index >= 15 is 0 Å². The fourth-order valence-electron chi connectivity index (χ4n) is 4.20. The number of carbonyl (C=O) groups excluding carboxylic acids is 1. The van der Waals surface area contributed by atoms with Crippen LogP contribution in [0.2, 0.25) is 0 Å². The van der Waals surface area contributed by atoms with E-state index in [1.54, 1.807) is 23.7 Å². The van der Waals surface area contributed by atoms with Crippen molar-refractivity contribution in [2.75, 3.05) is 23.4 Å². The molecule has 2 radical (unpaired) electrons. The molecule has 3 heterocycles. The molecule has 218 valence electrons. The Bertz CT molecular complexity index is 1640. The maximum Gasteiger partial charge on any atom is 0.287 e. The van der Waals surface area contributed by atoms with Gasteiger partial charge >= 0.3 is 0 Å². The number of nitrogens with zero attached hydrogens (tertiary/aromatic N) is 4. The SMILES string of the molecule is [B]C(O)(O)N(C)Cc1cc(Nc2cc(-c3ccc(F)c(NC(=O)C4=C/C(=C/C=C\C)CS4)c3C)n[nH]c2=O)nn1CC. The normalized spacial score (nSPS) is 14.7. The van der Waals surface area contributed by atoms with Crippen LogP contribution in [-0.2, 0) is 17.9 Å². The van der Waals surface area contributed by atoms with Crippen molar-refractivity contribution in [1.82, 2.24) is 24.9 Å². The molecule has 0 saturated heterocycles. The van der Waals surface area contributed by atoms with E-state index in [0.717, 1.165) is 10.5 Å². The molecule has 0 saturated carbocycles. The lowest BCUT2D eigenvalue weighted by Crippen LogP contribution is -2.46. The van der Waals surface area contributed by atoms with E-state index in [-0.39, 0.29) is 17.9 Å². The molecular weight excluding hydrogens is 560 g/mol. The van der Waals surface area contributed by atoms with Gasteiger partial charge in [0.2, 0.25) is 0 Å². The van der Waals surface area contributed by atoms with Crippen LogP contribution in [0.5, 0.6) is 0 Å². The minimum Gasteiger partial charge on any atom is -0.362 e. The molecule has 1 aliphatic heterocycles. The van der Waals surface area contributed by atoms with E-state index in [4.69, 9.17) is 7.85 Å². The Morgan fingerprint density at radius 3 is 2.81 bits per heavy atom. The molecule has 1 amide bonds. The van der Waals surface area contributed by atoms with Crippen LogP contribution in [0.4, 0.5) is 21.6 Å². The number of carbonyl (C=O) groups is 1. The van der Waals surface area contributed by atoms with Gasteiger partial charge in [0.1, 0.15) is 11.5 Å². The summed E-state index contributed by atoms with van der Waals surface area (Å²) in [5.74, 6) is -2.55. The summed E-state index contributed by atoms with van der Waals surface area (Å²) in [6.45, 7) is 5.97. The summed E-state index contributed by atoms with van der Waals surface area (Å²) in [6.07, 6.45) is 7.50. The van der Waals surface area contributed by atoms with Crippen LogP contribution in [0.3, 0.4) is 0 Å². The van der Waals surface area contributed by atoms with Gasteiger partial charge in [-0.1, -0.05) is 18.2 Å². The van der Waals surface area contributed by atoms with E-state index in [1.165, 1.54) is 37.0 Å². The van der Waals surface area contributed by atoms with Gasteiger partial charge in [-0.15, -0.1) is 11.8 Å². The third kappa shape index (κ3) is 7.08. The van der Waals surface area contributed by atoms with Gasteiger partial charge in [-0.25, -0.2) is 9.49 Å². The number of aromatic nitrogens is 4. The average Bonchev–Trinajstić information content (AvgIpc) is 3.57. The number of thioether (sulfide) groups is 1. The summed E-state index contributed by atoms with van der Waals surface area (Å²) in [7, 11) is 6.77. The fraction of sp³-hybridized carbons (Fsp3) is 0.286. The Kier molecular flexibility index (Phi) is 9.51. The first kappa shape index (κ1) is 31.0. The smallest absolute Gasteiger partial charge is 0.287 e. The monoisotopic (exact) mass is 591 g/mol. The number of rotatable bonds is 10. The van der Waals surface area contributed by atoms with E-state index in [2.05, 4.69) is 25.9 Å². The van der Waals surface area contributed by atoms with Crippen LogP contribution < -0.4 is 16.2 Å². The molecule has 0 spiro atoms. The average molecular weight is 591 g/mol. The topological polar surface area (TPSA) is 148 Å². The molecule has 42 heavy (non-hydrogen) atoms. The maximum absolute atomic E-state index is 14.9. The summed E-state index contributed by atoms with van der Waals surface area (Å²) in [5, 5.41) is 35.9. The molecule has 3 aromatic rings. The van der Waals surface area contributed by atoms with E-state index < -0.39 is 23.1 Å². The molecular formula is C28H31BFN7O4S. The number of anilines is 3. The zero-order valence-electron chi connectivity index (χ0n) is 23.6. The predicted molar refractivity (Wildman–Crippen MR) is 163 cm³/mol. The molecule has 14 heteroatoms. The minimum atomic E-state index is -2.52. The Morgan fingerprint density at radius 2 is 2.12 bits per heavy atom. The minimum absolute atomic E-state index is 0.0200. The number of amides is 1. The molecule has 0 fully saturated rings. The zero-order valence-corrected chi connectivity index (χ0v) is 24.4. The van der Waals surface area contributed by atoms with Crippen LogP contribution in [0.25, 0.3) is 11.3 Å². The van der Waals surface area contributed by atoms with Crippen LogP contribution in [0, 0.1) is 12.7 Å². The van der Waals surface area contributed by atoms with Crippen molar-refractivity contribution in [3.8, 4) is 11.3 Å². The number of aliphatic hydroxyl groups is 2. The lowest BCUT2D eigenvalue weighted by Gasteiger charge is -2.29. The Balaban J connectivity index is 1.60. The molecule has 0 bridgehead atoms. The van der Waals surface area contributed by atoms with Crippen molar-refractivity contribution in [2.45, 2.75) is 39.7 Å². The summed E-state index contributed by atoms with van der Waals surface area (Å²) >= 11 is 1.38. The van der Waals surface area contributed by atoms with Crippen molar-refractivity contribution < 1.29 is 19.4 Å². The molecule has 4 rings (SSSR count). The van der Waals surface area contributed by atoms with Gasteiger partial charge in [0.25, 0.3) is 11.5 Å². The van der Waals surface area contributed by atoms with Crippen LogP contribution in [0.15, 0.2) is 63.8 Å². The van der Waals surface area contributed by atoms with Gasteiger partial charge in [-0.2, -0.15) is 10.2 Å². The highest BCUT2D eigenvalue weighted by molar-refractivity contribution is 8.04. The quantitative estimate of drug-likeness (QED) is 0.177. The first-order valence-corrected chi connectivity index (χ1v) is 14.0. The molecule has 5 N–H and O–H groups in total. The molecule has 2 aromatic heterocycles. The highest BCUT2D eigenvalue weighted by atomic mass is 32.2. The third-order valence-electron chi connectivity index (χ3n) is 6.56. The largest absolute Gasteiger partial charge is 0.362 e.